The van der Waals surface area contributed by atoms with Crippen LogP contribution in [0.5, 0.6) is 0 Å². The topological polar surface area (TPSA) is 37.3 Å². The fourth-order valence-corrected chi connectivity index (χ4v) is 1.79. The van der Waals surface area contributed by atoms with Crippen LogP contribution >= 0.6 is 0 Å². The van der Waals surface area contributed by atoms with Crippen molar-refractivity contribution < 1.29 is 9.90 Å². The second-order valence-corrected chi connectivity index (χ2v) is 4.50. The molecule has 15 heavy (non-hydrogen) atoms. The van der Waals surface area contributed by atoms with Gasteiger partial charge < -0.3 is 5.11 Å². The summed E-state index contributed by atoms with van der Waals surface area (Å²) in [5.74, 6) is -0.287. The summed E-state index contributed by atoms with van der Waals surface area (Å²) < 4.78 is 0. The molecule has 0 saturated heterocycles. The average Bonchev–Trinajstić information content (AvgIpc) is 2.08. The fraction of sp³-hybridized carbons (Fsp3) is 0.462. The first-order valence-electron chi connectivity index (χ1n) is 5.25. The van der Waals surface area contributed by atoms with Crippen LogP contribution in [0.25, 0.3) is 0 Å². The average molecular weight is 206 g/mol. The Kier molecular flexibility index (Phi) is 3.51. The van der Waals surface area contributed by atoms with Crippen molar-refractivity contribution >= 4 is 5.97 Å². The molecule has 0 fully saturated rings. The maximum Gasteiger partial charge on any atom is 0.335 e. The van der Waals surface area contributed by atoms with E-state index in [1.54, 1.807) is 0 Å². The van der Waals surface area contributed by atoms with Gasteiger partial charge in [0, 0.05) is 0 Å². The SMILES string of the molecule is Cc1cc(C)c(C(=O)O)cc1CC(C)C. The van der Waals surface area contributed by atoms with Crippen LogP contribution < -0.4 is 0 Å². The van der Waals surface area contributed by atoms with E-state index in [0.717, 1.165) is 17.5 Å². The van der Waals surface area contributed by atoms with Gasteiger partial charge in [-0.25, -0.2) is 4.79 Å². The summed E-state index contributed by atoms with van der Waals surface area (Å²) in [5.41, 5.74) is 3.60. The van der Waals surface area contributed by atoms with Crippen LogP contribution in [0, 0.1) is 19.8 Å². The molecule has 0 aliphatic heterocycles. The molecule has 1 aromatic rings. The van der Waals surface area contributed by atoms with Crippen molar-refractivity contribution in [3.05, 3.63) is 34.4 Å². The molecular formula is C13H18O2. The molecule has 0 heterocycles. The van der Waals surface area contributed by atoms with E-state index in [2.05, 4.69) is 13.8 Å². The minimum Gasteiger partial charge on any atom is -0.478 e. The zero-order valence-corrected chi connectivity index (χ0v) is 9.79. The maximum absolute atomic E-state index is 11.0. The molecule has 0 spiro atoms. The number of aromatic carboxylic acids is 1. The van der Waals surface area contributed by atoms with E-state index < -0.39 is 5.97 Å². The summed E-state index contributed by atoms with van der Waals surface area (Å²) in [5, 5.41) is 9.02. The number of carboxylic acid groups (broad SMARTS) is 1. The third-order valence-electron chi connectivity index (χ3n) is 2.54. The lowest BCUT2D eigenvalue weighted by Gasteiger charge is -2.11. The van der Waals surface area contributed by atoms with Gasteiger partial charge in [-0.15, -0.1) is 0 Å². The summed E-state index contributed by atoms with van der Waals surface area (Å²) in [4.78, 5) is 11.0. The van der Waals surface area contributed by atoms with Gasteiger partial charge in [0.25, 0.3) is 0 Å². The van der Waals surface area contributed by atoms with Crippen molar-refractivity contribution in [1.29, 1.82) is 0 Å². The van der Waals surface area contributed by atoms with Crippen molar-refractivity contribution in [2.75, 3.05) is 0 Å². The Morgan fingerprint density at radius 3 is 2.33 bits per heavy atom. The highest BCUT2D eigenvalue weighted by Crippen LogP contribution is 2.19. The van der Waals surface area contributed by atoms with Crippen molar-refractivity contribution in [3.63, 3.8) is 0 Å². The molecular weight excluding hydrogens is 188 g/mol. The van der Waals surface area contributed by atoms with Crippen LogP contribution in [0.4, 0.5) is 0 Å². The first-order valence-corrected chi connectivity index (χ1v) is 5.25. The maximum atomic E-state index is 11.0. The molecule has 2 heteroatoms. The van der Waals surface area contributed by atoms with E-state index in [9.17, 15) is 4.79 Å². The summed E-state index contributed by atoms with van der Waals surface area (Å²) in [7, 11) is 0. The first-order chi connectivity index (χ1) is 6.91. The molecule has 1 aromatic carbocycles. The van der Waals surface area contributed by atoms with E-state index in [1.165, 1.54) is 5.56 Å². The largest absolute Gasteiger partial charge is 0.478 e. The van der Waals surface area contributed by atoms with Gasteiger partial charge in [-0.1, -0.05) is 19.9 Å². The Morgan fingerprint density at radius 2 is 1.87 bits per heavy atom. The Labute approximate surface area is 90.9 Å². The van der Waals surface area contributed by atoms with Crippen molar-refractivity contribution in [2.45, 2.75) is 34.1 Å². The lowest BCUT2D eigenvalue weighted by molar-refractivity contribution is 0.0696. The van der Waals surface area contributed by atoms with Gasteiger partial charge in [-0.2, -0.15) is 0 Å². The van der Waals surface area contributed by atoms with Gasteiger partial charge in [0.1, 0.15) is 0 Å². The Hall–Kier alpha value is -1.31. The lowest BCUT2D eigenvalue weighted by atomic mass is 9.94. The third-order valence-corrected chi connectivity index (χ3v) is 2.54. The van der Waals surface area contributed by atoms with Crippen molar-refractivity contribution in [1.82, 2.24) is 0 Å². The summed E-state index contributed by atoms with van der Waals surface area (Å²) in [6.07, 6.45) is 0.937. The molecule has 0 aromatic heterocycles. The molecule has 0 radical (unpaired) electrons. The van der Waals surface area contributed by atoms with Crippen LogP contribution in [0.1, 0.15) is 40.9 Å². The second kappa shape index (κ2) is 4.47. The molecule has 0 aliphatic carbocycles. The highest BCUT2D eigenvalue weighted by atomic mass is 16.4. The van der Waals surface area contributed by atoms with E-state index in [0.29, 0.717) is 11.5 Å². The number of rotatable bonds is 3. The van der Waals surface area contributed by atoms with Gasteiger partial charge in [-0.3, -0.25) is 0 Å². The Balaban J connectivity index is 3.17. The van der Waals surface area contributed by atoms with Crippen LogP contribution in [-0.2, 0) is 6.42 Å². The van der Waals surface area contributed by atoms with Gasteiger partial charge in [-0.05, 0) is 48.9 Å². The quantitative estimate of drug-likeness (QED) is 0.824. The summed E-state index contributed by atoms with van der Waals surface area (Å²) in [6, 6.07) is 3.77. The monoisotopic (exact) mass is 206 g/mol. The van der Waals surface area contributed by atoms with E-state index in [4.69, 9.17) is 5.11 Å². The number of benzene rings is 1. The Bertz CT molecular complexity index is 378. The Morgan fingerprint density at radius 1 is 1.27 bits per heavy atom. The number of hydrogen-bond acceptors (Lipinski definition) is 1. The number of carbonyl (C=O) groups is 1. The van der Waals surface area contributed by atoms with Gasteiger partial charge in [0.05, 0.1) is 5.56 Å². The van der Waals surface area contributed by atoms with Gasteiger partial charge in [0.15, 0.2) is 0 Å². The molecule has 1 N–H and O–H groups in total. The zero-order valence-electron chi connectivity index (χ0n) is 9.79. The van der Waals surface area contributed by atoms with Crippen LogP contribution in [0.15, 0.2) is 12.1 Å². The number of hydrogen-bond donors (Lipinski definition) is 1. The molecule has 0 saturated carbocycles. The molecule has 0 amide bonds. The van der Waals surface area contributed by atoms with Crippen molar-refractivity contribution in [3.8, 4) is 0 Å². The van der Waals surface area contributed by atoms with E-state index in [1.807, 2.05) is 26.0 Å². The second-order valence-electron chi connectivity index (χ2n) is 4.50. The highest BCUT2D eigenvalue weighted by molar-refractivity contribution is 5.89. The number of aryl methyl sites for hydroxylation is 2. The highest BCUT2D eigenvalue weighted by Gasteiger charge is 2.11. The smallest absolute Gasteiger partial charge is 0.335 e. The van der Waals surface area contributed by atoms with Gasteiger partial charge in [0.2, 0.25) is 0 Å². The molecule has 0 aliphatic rings. The van der Waals surface area contributed by atoms with E-state index in [-0.39, 0.29) is 0 Å². The van der Waals surface area contributed by atoms with E-state index >= 15 is 0 Å². The minimum absolute atomic E-state index is 0.427. The molecule has 1 rings (SSSR count). The fourth-order valence-electron chi connectivity index (χ4n) is 1.79. The van der Waals surface area contributed by atoms with Crippen LogP contribution in [0.3, 0.4) is 0 Å². The van der Waals surface area contributed by atoms with Gasteiger partial charge >= 0.3 is 5.97 Å². The molecule has 0 unspecified atom stereocenters. The predicted octanol–water partition coefficient (Wildman–Crippen LogP) is 3.20. The first kappa shape index (κ1) is 11.8. The lowest BCUT2D eigenvalue weighted by Crippen LogP contribution is -2.04. The third kappa shape index (κ3) is 2.82. The van der Waals surface area contributed by atoms with Crippen molar-refractivity contribution in [2.24, 2.45) is 5.92 Å². The summed E-state index contributed by atoms with van der Waals surface area (Å²) >= 11 is 0. The van der Waals surface area contributed by atoms with Crippen LogP contribution in [-0.4, -0.2) is 11.1 Å². The molecule has 82 valence electrons. The molecule has 0 atom stereocenters. The predicted molar refractivity (Wildman–Crippen MR) is 61.4 cm³/mol. The van der Waals surface area contributed by atoms with Crippen LogP contribution in [0.2, 0.25) is 0 Å². The summed E-state index contributed by atoms with van der Waals surface area (Å²) in [6.45, 7) is 8.16. The standard InChI is InChI=1S/C13H18O2/c1-8(2)5-11-7-12(13(14)15)10(4)6-9(11)3/h6-8H,5H2,1-4H3,(H,14,15). The normalized spacial score (nSPS) is 10.7. The number of carboxylic acids is 1. The minimum atomic E-state index is -0.836. The zero-order chi connectivity index (χ0) is 11.6. The molecule has 0 bridgehead atoms. The molecule has 2 nitrogen and oxygen atoms in total.